The first kappa shape index (κ1) is 17.6. The van der Waals surface area contributed by atoms with E-state index in [-0.39, 0.29) is 11.7 Å². The second-order valence-corrected chi connectivity index (χ2v) is 7.44. The first-order chi connectivity index (χ1) is 10.6. The highest BCUT2D eigenvalue weighted by Crippen LogP contribution is 2.46. The Morgan fingerprint density at radius 2 is 2.09 bits per heavy atom. The Labute approximate surface area is 139 Å². The molecular formula is C19H28O2S. The van der Waals surface area contributed by atoms with E-state index in [0.717, 1.165) is 19.3 Å². The molecule has 3 heteroatoms. The van der Waals surface area contributed by atoms with E-state index < -0.39 is 0 Å². The second kappa shape index (κ2) is 8.19. The number of aryl methyl sites for hydroxylation is 1. The lowest BCUT2D eigenvalue weighted by Crippen LogP contribution is -2.41. The maximum atomic E-state index is 6.05. The number of ether oxygens (including phenoxy) is 2. The van der Waals surface area contributed by atoms with E-state index >= 15 is 0 Å². The molecule has 122 valence electrons. The summed E-state index contributed by atoms with van der Waals surface area (Å²) in [6.07, 6.45) is 7.49. The minimum absolute atomic E-state index is 0.0841. The summed E-state index contributed by atoms with van der Waals surface area (Å²) < 4.78 is 11.7. The molecule has 3 atom stereocenters. The fraction of sp³-hybridized carbons (Fsp3) is 0.579. The maximum Gasteiger partial charge on any atom is 0.0825 e. The van der Waals surface area contributed by atoms with Gasteiger partial charge in [0, 0.05) is 30.8 Å². The molecule has 1 saturated carbocycles. The van der Waals surface area contributed by atoms with E-state index in [0.29, 0.717) is 5.25 Å². The molecule has 0 amide bonds. The lowest BCUT2D eigenvalue weighted by Gasteiger charge is -2.36. The van der Waals surface area contributed by atoms with Crippen LogP contribution in [0.3, 0.4) is 0 Å². The van der Waals surface area contributed by atoms with Crippen LogP contribution < -0.4 is 0 Å². The predicted octanol–water partition coefficient (Wildman–Crippen LogP) is 5.01. The summed E-state index contributed by atoms with van der Waals surface area (Å²) in [6, 6.07) is 8.80. The molecule has 1 aromatic carbocycles. The zero-order valence-corrected chi connectivity index (χ0v) is 14.8. The van der Waals surface area contributed by atoms with E-state index in [2.05, 4.69) is 37.8 Å². The topological polar surface area (TPSA) is 18.5 Å². The van der Waals surface area contributed by atoms with Crippen molar-refractivity contribution in [2.24, 2.45) is 0 Å². The Morgan fingerprint density at radius 3 is 2.68 bits per heavy atom. The van der Waals surface area contributed by atoms with Crippen LogP contribution in [0.2, 0.25) is 0 Å². The van der Waals surface area contributed by atoms with E-state index in [4.69, 9.17) is 9.47 Å². The summed E-state index contributed by atoms with van der Waals surface area (Å²) in [6.45, 7) is 5.97. The van der Waals surface area contributed by atoms with Crippen molar-refractivity contribution in [1.29, 1.82) is 0 Å². The van der Waals surface area contributed by atoms with Crippen LogP contribution in [0.4, 0.5) is 0 Å². The highest BCUT2D eigenvalue weighted by atomic mass is 32.2. The number of benzene rings is 1. The van der Waals surface area contributed by atoms with Crippen LogP contribution >= 0.6 is 11.8 Å². The van der Waals surface area contributed by atoms with Crippen LogP contribution in [0.1, 0.15) is 37.7 Å². The van der Waals surface area contributed by atoms with Crippen molar-refractivity contribution in [3.8, 4) is 0 Å². The van der Waals surface area contributed by atoms with Gasteiger partial charge in [-0.3, -0.25) is 0 Å². The molecule has 2 rings (SSSR count). The zero-order chi connectivity index (χ0) is 16.0. The summed E-state index contributed by atoms with van der Waals surface area (Å²) in [7, 11) is 3.64. The lowest BCUT2D eigenvalue weighted by atomic mass is 9.92. The van der Waals surface area contributed by atoms with Gasteiger partial charge in [0.2, 0.25) is 0 Å². The molecule has 1 aliphatic rings. The third-order valence-electron chi connectivity index (χ3n) is 4.69. The Balaban J connectivity index is 2.11. The minimum Gasteiger partial charge on any atom is -0.381 e. The molecule has 22 heavy (non-hydrogen) atoms. The number of thioether (sulfide) groups is 1. The number of rotatable bonds is 8. The molecule has 0 radical (unpaired) electrons. The van der Waals surface area contributed by atoms with Crippen LogP contribution in [-0.2, 0) is 9.47 Å². The first-order valence-corrected chi connectivity index (χ1v) is 8.93. The minimum atomic E-state index is -0.0841. The molecule has 1 fully saturated rings. The number of hydrogen-bond donors (Lipinski definition) is 0. The Kier molecular flexibility index (Phi) is 6.54. The monoisotopic (exact) mass is 320 g/mol. The lowest BCUT2D eigenvalue weighted by molar-refractivity contribution is -0.0469. The van der Waals surface area contributed by atoms with Gasteiger partial charge in [0.05, 0.1) is 11.7 Å². The molecule has 2 nitrogen and oxygen atoms in total. The standard InChI is InChI=1S/C19H28O2S/c1-5-7-16(20-3)14-19(21-4)13-6-8-18(19)22-17-11-9-15(2)10-12-17/h5,9-12,16,18H,1,6-8,13-14H2,2-4H3/t16-,18-,19-/m1/s1. The summed E-state index contributed by atoms with van der Waals surface area (Å²) in [5.74, 6) is 0. The number of methoxy groups -OCH3 is 2. The number of hydrogen-bond acceptors (Lipinski definition) is 3. The average Bonchev–Trinajstić information content (AvgIpc) is 2.92. The third-order valence-corrected chi connectivity index (χ3v) is 6.19. The van der Waals surface area contributed by atoms with Crippen molar-refractivity contribution in [3.63, 3.8) is 0 Å². The van der Waals surface area contributed by atoms with E-state index in [1.165, 1.54) is 23.3 Å². The molecule has 0 spiro atoms. The third kappa shape index (κ3) is 4.15. The molecule has 1 aromatic rings. The van der Waals surface area contributed by atoms with Gasteiger partial charge in [-0.25, -0.2) is 0 Å². The van der Waals surface area contributed by atoms with Crippen molar-refractivity contribution < 1.29 is 9.47 Å². The molecule has 0 N–H and O–H groups in total. The Hall–Kier alpha value is -0.770. The normalized spacial score (nSPS) is 26.0. The molecule has 1 aliphatic carbocycles. The van der Waals surface area contributed by atoms with Gasteiger partial charge in [-0.1, -0.05) is 23.8 Å². The summed E-state index contributed by atoms with van der Waals surface area (Å²) in [5, 5.41) is 0.489. The molecule has 0 aliphatic heterocycles. The Morgan fingerprint density at radius 1 is 1.36 bits per heavy atom. The molecule has 0 saturated heterocycles. The van der Waals surface area contributed by atoms with Gasteiger partial charge in [0.15, 0.2) is 0 Å². The van der Waals surface area contributed by atoms with E-state index in [9.17, 15) is 0 Å². The predicted molar refractivity (Wildman–Crippen MR) is 94.6 cm³/mol. The van der Waals surface area contributed by atoms with Crippen molar-refractivity contribution in [2.45, 2.75) is 60.9 Å². The van der Waals surface area contributed by atoms with Crippen LogP contribution in [0, 0.1) is 6.92 Å². The van der Waals surface area contributed by atoms with Crippen molar-refractivity contribution in [2.75, 3.05) is 14.2 Å². The van der Waals surface area contributed by atoms with Crippen LogP contribution in [0.5, 0.6) is 0 Å². The summed E-state index contributed by atoms with van der Waals surface area (Å²) in [5.41, 5.74) is 1.22. The first-order valence-electron chi connectivity index (χ1n) is 8.05. The van der Waals surface area contributed by atoms with Gasteiger partial charge in [-0.2, -0.15) is 0 Å². The fourth-order valence-corrected chi connectivity index (χ4v) is 4.77. The second-order valence-electron chi connectivity index (χ2n) is 6.17. The van der Waals surface area contributed by atoms with Crippen molar-refractivity contribution >= 4 is 11.8 Å². The molecular weight excluding hydrogens is 292 g/mol. The molecule has 0 bridgehead atoms. The maximum absolute atomic E-state index is 6.05. The largest absolute Gasteiger partial charge is 0.381 e. The average molecular weight is 320 g/mol. The van der Waals surface area contributed by atoms with Crippen LogP contribution in [0.25, 0.3) is 0 Å². The van der Waals surface area contributed by atoms with Crippen molar-refractivity contribution in [3.05, 3.63) is 42.5 Å². The van der Waals surface area contributed by atoms with Crippen molar-refractivity contribution in [1.82, 2.24) is 0 Å². The van der Waals surface area contributed by atoms with Gasteiger partial charge in [-0.15, -0.1) is 18.3 Å². The fourth-order valence-electron chi connectivity index (χ4n) is 3.34. The zero-order valence-electron chi connectivity index (χ0n) is 14.0. The van der Waals surface area contributed by atoms with Crippen LogP contribution in [0.15, 0.2) is 41.8 Å². The SMILES string of the molecule is C=CC[C@H](C[C@]1(OC)CCC[C@H]1Sc1ccc(C)cc1)OC. The summed E-state index contributed by atoms with van der Waals surface area (Å²) >= 11 is 1.96. The van der Waals surface area contributed by atoms with Gasteiger partial charge in [0.25, 0.3) is 0 Å². The smallest absolute Gasteiger partial charge is 0.0825 e. The van der Waals surface area contributed by atoms with E-state index in [1.807, 2.05) is 24.9 Å². The van der Waals surface area contributed by atoms with Gasteiger partial charge >= 0.3 is 0 Å². The molecule has 0 unspecified atom stereocenters. The van der Waals surface area contributed by atoms with Gasteiger partial charge in [-0.05, 0) is 44.7 Å². The van der Waals surface area contributed by atoms with Gasteiger partial charge < -0.3 is 9.47 Å². The van der Waals surface area contributed by atoms with Gasteiger partial charge in [0.1, 0.15) is 0 Å². The van der Waals surface area contributed by atoms with E-state index in [1.54, 1.807) is 7.11 Å². The molecule has 0 heterocycles. The quantitative estimate of drug-likeness (QED) is 0.628. The Bertz CT molecular complexity index is 471. The van der Waals surface area contributed by atoms with Crippen LogP contribution in [-0.4, -0.2) is 31.2 Å². The molecule has 0 aromatic heterocycles. The highest BCUT2D eigenvalue weighted by molar-refractivity contribution is 8.00. The highest BCUT2D eigenvalue weighted by Gasteiger charge is 2.45. The summed E-state index contributed by atoms with van der Waals surface area (Å²) in [4.78, 5) is 1.33.